The van der Waals surface area contributed by atoms with E-state index >= 15 is 0 Å². The lowest BCUT2D eigenvalue weighted by atomic mass is 10.2. The molecule has 0 saturated carbocycles. The fourth-order valence-corrected chi connectivity index (χ4v) is 3.17. The van der Waals surface area contributed by atoms with E-state index in [4.69, 9.17) is 5.26 Å². The minimum Gasteiger partial charge on any atom is -0.325 e. The maximum atomic E-state index is 12.2. The van der Waals surface area contributed by atoms with Crippen LogP contribution in [0.3, 0.4) is 0 Å². The largest absolute Gasteiger partial charge is 0.325 e. The molecule has 2 aromatic carbocycles. The Balaban J connectivity index is 1.39. The molecule has 1 fully saturated rings. The first kappa shape index (κ1) is 18.1. The predicted octanol–water partition coefficient (Wildman–Crippen LogP) is 2.70. The summed E-state index contributed by atoms with van der Waals surface area (Å²) in [5.74, 6) is -0.0422. The molecule has 0 unspecified atom stereocenters. The second kappa shape index (κ2) is 9.14. The number of nitriles is 1. The number of carbonyl (C=O) groups is 1. The third kappa shape index (κ3) is 5.16. The standard InChI is InChI=1S/C21H24N4O/c22-16-19-8-4-5-9-20(19)23-21(26)10-11-24-12-14-25(15-13-24)17-18-6-2-1-3-7-18/h1-9H,10-15,17H2,(H,23,26). The van der Waals surface area contributed by atoms with Crippen molar-refractivity contribution in [3.05, 3.63) is 65.7 Å². The van der Waals surface area contributed by atoms with Crippen LogP contribution in [0, 0.1) is 11.3 Å². The van der Waals surface area contributed by atoms with Crippen molar-refractivity contribution in [1.29, 1.82) is 5.26 Å². The van der Waals surface area contributed by atoms with Crippen LogP contribution >= 0.6 is 0 Å². The summed E-state index contributed by atoms with van der Waals surface area (Å²) in [4.78, 5) is 17.0. The van der Waals surface area contributed by atoms with E-state index in [0.717, 1.165) is 39.3 Å². The molecule has 0 radical (unpaired) electrons. The molecule has 0 atom stereocenters. The topological polar surface area (TPSA) is 59.4 Å². The highest BCUT2D eigenvalue weighted by Crippen LogP contribution is 2.14. The number of para-hydroxylation sites is 1. The van der Waals surface area contributed by atoms with Crippen LogP contribution in [0.4, 0.5) is 5.69 Å². The van der Waals surface area contributed by atoms with E-state index in [1.54, 1.807) is 18.2 Å². The van der Waals surface area contributed by atoms with Crippen molar-refractivity contribution in [3.63, 3.8) is 0 Å². The molecule has 0 bridgehead atoms. The fraction of sp³-hybridized carbons (Fsp3) is 0.333. The second-order valence-electron chi connectivity index (χ2n) is 6.56. The Hall–Kier alpha value is -2.68. The monoisotopic (exact) mass is 348 g/mol. The molecule has 1 amide bonds. The van der Waals surface area contributed by atoms with Gasteiger partial charge in [0, 0.05) is 45.7 Å². The molecule has 1 aliphatic heterocycles. The summed E-state index contributed by atoms with van der Waals surface area (Å²) < 4.78 is 0. The summed E-state index contributed by atoms with van der Waals surface area (Å²) in [5.41, 5.74) is 2.43. The van der Waals surface area contributed by atoms with Gasteiger partial charge in [0.2, 0.25) is 5.91 Å². The molecular formula is C21H24N4O. The van der Waals surface area contributed by atoms with E-state index in [2.05, 4.69) is 45.5 Å². The number of benzene rings is 2. The van der Waals surface area contributed by atoms with E-state index in [-0.39, 0.29) is 5.91 Å². The highest BCUT2D eigenvalue weighted by atomic mass is 16.1. The number of hydrogen-bond donors (Lipinski definition) is 1. The van der Waals surface area contributed by atoms with Gasteiger partial charge >= 0.3 is 0 Å². The second-order valence-corrected chi connectivity index (χ2v) is 6.56. The molecular weight excluding hydrogens is 324 g/mol. The molecule has 1 heterocycles. The van der Waals surface area contributed by atoms with Crippen molar-refractivity contribution in [3.8, 4) is 6.07 Å². The zero-order valence-electron chi connectivity index (χ0n) is 14.9. The summed E-state index contributed by atoms with van der Waals surface area (Å²) >= 11 is 0. The zero-order valence-corrected chi connectivity index (χ0v) is 14.9. The van der Waals surface area contributed by atoms with Crippen LogP contribution in [0.15, 0.2) is 54.6 Å². The van der Waals surface area contributed by atoms with Gasteiger partial charge in [0.15, 0.2) is 0 Å². The van der Waals surface area contributed by atoms with Crippen molar-refractivity contribution in [1.82, 2.24) is 9.80 Å². The quantitative estimate of drug-likeness (QED) is 0.872. The lowest BCUT2D eigenvalue weighted by Crippen LogP contribution is -2.46. The van der Waals surface area contributed by atoms with Gasteiger partial charge in [0.25, 0.3) is 0 Å². The van der Waals surface area contributed by atoms with Crippen LogP contribution in [-0.4, -0.2) is 48.4 Å². The number of carbonyl (C=O) groups excluding carboxylic acids is 1. The Morgan fingerprint density at radius 3 is 2.35 bits per heavy atom. The molecule has 3 rings (SSSR count). The first-order valence-corrected chi connectivity index (χ1v) is 9.02. The third-order valence-electron chi connectivity index (χ3n) is 4.69. The summed E-state index contributed by atoms with van der Waals surface area (Å²) in [5, 5.41) is 11.9. The first-order chi connectivity index (χ1) is 12.7. The zero-order chi connectivity index (χ0) is 18.2. The Morgan fingerprint density at radius 1 is 0.962 bits per heavy atom. The molecule has 134 valence electrons. The van der Waals surface area contributed by atoms with Gasteiger partial charge in [-0.2, -0.15) is 5.26 Å². The Kier molecular flexibility index (Phi) is 6.37. The predicted molar refractivity (Wildman–Crippen MR) is 103 cm³/mol. The maximum Gasteiger partial charge on any atom is 0.225 e. The van der Waals surface area contributed by atoms with Crippen LogP contribution in [0.25, 0.3) is 0 Å². The van der Waals surface area contributed by atoms with E-state index in [9.17, 15) is 4.79 Å². The van der Waals surface area contributed by atoms with Gasteiger partial charge in [-0.05, 0) is 17.7 Å². The average molecular weight is 348 g/mol. The highest BCUT2D eigenvalue weighted by Gasteiger charge is 2.17. The normalized spacial score (nSPS) is 15.3. The van der Waals surface area contributed by atoms with Gasteiger partial charge < -0.3 is 10.2 Å². The maximum absolute atomic E-state index is 12.2. The third-order valence-corrected chi connectivity index (χ3v) is 4.69. The van der Waals surface area contributed by atoms with Gasteiger partial charge in [0.1, 0.15) is 6.07 Å². The van der Waals surface area contributed by atoms with Gasteiger partial charge in [-0.15, -0.1) is 0 Å². The Morgan fingerprint density at radius 2 is 1.62 bits per heavy atom. The molecule has 1 N–H and O–H groups in total. The first-order valence-electron chi connectivity index (χ1n) is 9.02. The molecule has 5 heteroatoms. The highest BCUT2D eigenvalue weighted by molar-refractivity contribution is 5.92. The number of rotatable bonds is 6. The lowest BCUT2D eigenvalue weighted by Gasteiger charge is -2.34. The summed E-state index contributed by atoms with van der Waals surface area (Å²) in [6, 6.07) is 19.7. The van der Waals surface area contributed by atoms with Crippen LogP contribution in [0.1, 0.15) is 17.5 Å². The SMILES string of the molecule is N#Cc1ccccc1NC(=O)CCN1CCN(Cc2ccccc2)CC1. The lowest BCUT2D eigenvalue weighted by molar-refractivity contribution is -0.116. The van der Waals surface area contributed by atoms with E-state index in [0.29, 0.717) is 17.7 Å². The molecule has 0 aliphatic carbocycles. The summed E-state index contributed by atoms with van der Waals surface area (Å²) in [6.45, 7) is 5.74. The fourth-order valence-electron chi connectivity index (χ4n) is 3.17. The van der Waals surface area contributed by atoms with Gasteiger partial charge in [-0.25, -0.2) is 0 Å². The number of hydrogen-bond acceptors (Lipinski definition) is 4. The van der Waals surface area contributed by atoms with E-state index in [1.807, 2.05) is 12.1 Å². The number of piperazine rings is 1. The van der Waals surface area contributed by atoms with Gasteiger partial charge in [-0.1, -0.05) is 42.5 Å². The van der Waals surface area contributed by atoms with Gasteiger partial charge in [-0.3, -0.25) is 9.69 Å². The van der Waals surface area contributed by atoms with Crippen LogP contribution in [0.5, 0.6) is 0 Å². The number of anilines is 1. The number of amides is 1. The minimum absolute atomic E-state index is 0.0422. The van der Waals surface area contributed by atoms with Crippen molar-refractivity contribution < 1.29 is 4.79 Å². The van der Waals surface area contributed by atoms with E-state index in [1.165, 1.54) is 5.56 Å². The smallest absolute Gasteiger partial charge is 0.225 e. The van der Waals surface area contributed by atoms with Crippen molar-refractivity contribution in [2.75, 3.05) is 38.0 Å². The van der Waals surface area contributed by atoms with Crippen molar-refractivity contribution in [2.24, 2.45) is 0 Å². The summed E-state index contributed by atoms with van der Waals surface area (Å²) in [7, 11) is 0. The Bertz CT molecular complexity index is 761. The molecule has 2 aromatic rings. The van der Waals surface area contributed by atoms with E-state index < -0.39 is 0 Å². The van der Waals surface area contributed by atoms with Crippen molar-refractivity contribution in [2.45, 2.75) is 13.0 Å². The van der Waals surface area contributed by atoms with Crippen molar-refractivity contribution >= 4 is 11.6 Å². The molecule has 26 heavy (non-hydrogen) atoms. The van der Waals surface area contributed by atoms with Crippen LogP contribution in [-0.2, 0) is 11.3 Å². The van der Waals surface area contributed by atoms with Gasteiger partial charge in [0.05, 0.1) is 11.3 Å². The number of nitrogens with zero attached hydrogens (tertiary/aromatic N) is 3. The number of nitrogens with one attached hydrogen (secondary N) is 1. The van der Waals surface area contributed by atoms with Crippen LogP contribution in [0.2, 0.25) is 0 Å². The molecule has 5 nitrogen and oxygen atoms in total. The molecule has 0 aromatic heterocycles. The van der Waals surface area contributed by atoms with Crippen LogP contribution < -0.4 is 5.32 Å². The molecule has 1 saturated heterocycles. The Labute approximate surface area is 154 Å². The minimum atomic E-state index is -0.0422. The summed E-state index contributed by atoms with van der Waals surface area (Å²) in [6.07, 6.45) is 0.443. The molecule has 1 aliphatic rings. The average Bonchev–Trinajstić information content (AvgIpc) is 2.69. The molecule has 0 spiro atoms.